The Morgan fingerprint density at radius 1 is 1.06 bits per heavy atom. The minimum Gasteiger partial charge on any atom is -0.435 e. The summed E-state index contributed by atoms with van der Waals surface area (Å²) < 4.78 is 18.6. The molecule has 0 aliphatic heterocycles. The summed E-state index contributed by atoms with van der Waals surface area (Å²) in [4.78, 5) is 3.72. The molecule has 0 bridgehead atoms. The normalized spacial score (nSPS) is 10.4. The lowest BCUT2D eigenvalue weighted by Crippen LogP contribution is -1.92. The van der Waals surface area contributed by atoms with Crippen molar-refractivity contribution in [2.24, 2.45) is 0 Å². The zero-order chi connectivity index (χ0) is 12.4. The van der Waals surface area contributed by atoms with Gasteiger partial charge in [-0.25, -0.2) is 9.37 Å². The molecule has 6 heteroatoms. The van der Waals surface area contributed by atoms with E-state index in [0.717, 1.165) is 6.07 Å². The van der Waals surface area contributed by atoms with Crippen molar-refractivity contribution < 1.29 is 9.13 Å². The third-order valence-electron chi connectivity index (χ3n) is 1.87. The molecule has 0 spiro atoms. The molecule has 0 saturated heterocycles. The Morgan fingerprint density at radius 2 is 1.82 bits per heavy atom. The van der Waals surface area contributed by atoms with Gasteiger partial charge in [0.1, 0.15) is 5.75 Å². The quantitative estimate of drug-likeness (QED) is 0.779. The molecule has 1 aromatic heterocycles. The first kappa shape index (κ1) is 12.4. The summed E-state index contributed by atoms with van der Waals surface area (Å²) in [5, 5.41) is 0.928. The zero-order valence-electron chi connectivity index (χ0n) is 8.25. The van der Waals surface area contributed by atoms with Gasteiger partial charge in [0, 0.05) is 11.2 Å². The average Bonchev–Trinajstić information content (AvgIpc) is 2.25. The molecule has 1 heterocycles. The Kier molecular flexibility index (Phi) is 3.72. The van der Waals surface area contributed by atoms with Crippen molar-refractivity contribution in [3.8, 4) is 11.6 Å². The lowest BCUT2D eigenvalue weighted by atomic mass is 10.3. The van der Waals surface area contributed by atoms with Crippen LogP contribution in [0.1, 0.15) is 0 Å². The molecule has 0 saturated carbocycles. The first-order valence-electron chi connectivity index (χ1n) is 4.50. The highest BCUT2D eigenvalue weighted by Crippen LogP contribution is 2.32. The SMILES string of the molecule is Fc1cc(Cl)cnc1Oc1ccc(Cl)cc1Cl. The van der Waals surface area contributed by atoms with Gasteiger partial charge in [-0.3, -0.25) is 0 Å². The van der Waals surface area contributed by atoms with E-state index >= 15 is 0 Å². The first-order chi connectivity index (χ1) is 8.06. The maximum atomic E-state index is 13.4. The van der Waals surface area contributed by atoms with E-state index < -0.39 is 5.82 Å². The van der Waals surface area contributed by atoms with Crippen LogP contribution in [0.4, 0.5) is 4.39 Å². The van der Waals surface area contributed by atoms with Gasteiger partial charge >= 0.3 is 0 Å². The largest absolute Gasteiger partial charge is 0.435 e. The molecule has 0 fully saturated rings. The van der Waals surface area contributed by atoms with Gasteiger partial charge in [-0.2, -0.15) is 0 Å². The van der Waals surface area contributed by atoms with Crippen molar-refractivity contribution in [1.29, 1.82) is 0 Å². The molecule has 0 atom stereocenters. The fourth-order valence-corrected chi connectivity index (χ4v) is 1.73. The third-order valence-corrected chi connectivity index (χ3v) is 2.61. The van der Waals surface area contributed by atoms with Crippen LogP contribution < -0.4 is 4.74 Å². The van der Waals surface area contributed by atoms with Gasteiger partial charge in [0.15, 0.2) is 5.82 Å². The van der Waals surface area contributed by atoms with Gasteiger partial charge in [0.2, 0.25) is 0 Å². The van der Waals surface area contributed by atoms with E-state index in [2.05, 4.69) is 4.98 Å². The van der Waals surface area contributed by atoms with Gasteiger partial charge in [-0.15, -0.1) is 0 Å². The number of benzene rings is 1. The molecule has 2 rings (SSSR count). The maximum Gasteiger partial charge on any atom is 0.256 e. The Hall–Kier alpha value is -1.03. The van der Waals surface area contributed by atoms with Crippen molar-refractivity contribution in [3.05, 3.63) is 51.3 Å². The van der Waals surface area contributed by atoms with Crippen LogP contribution in [0.2, 0.25) is 15.1 Å². The molecule has 1 aromatic carbocycles. The Morgan fingerprint density at radius 3 is 2.47 bits per heavy atom. The fourth-order valence-electron chi connectivity index (χ4n) is 1.14. The Balaban J connectivity index is 2.31. The van der Waals surface area contributed by atoms with Crippen molar-refractivity contribution in [2.45, 2.75) is 0 Å². The predicted molar refractivity (Wildman–Crippen MR) is 65.7 cm³/mol. The summed E-state index contributed by atoms with van der Waals surface area (Å²) >= 11 is 17.2. The highest BCUT2D eigenvalue weighted by atomic mass is 35.5. The molecule has 2 nitrogen and oxygen atoms in total. The number of ether oxygens (including phenoxy) is 1. The molecule has 0 amide bonds. The monoisotopic (exact) mass is 291 g/mol. The lowest BCUT2D eigenvalue weighted by molar-refractivity contribution is 0.423. The van der Waals surface area contributed by atoms with Crippen molar-refractivity contribution in [2.75, 3.05) is 0 Å². The van der Waals surface area contributed by atoms with Gasteiger partial charge in [-0.05, 0) is 24.3 Å². The summed E-state index contributed by atoms with van der Waals surface area (Å²) in [5.74, 6) is -0.591. The molecule has 0 N–H and O–H groups in total. The summed E-state index contributed by atoms with van der Waals surface area (Å²) in [7, 11) is 0. The number of rotatable bonds is 2. The minimum atomic E-state index is -0.663. The minimum absolute atomic E-state index is 0.192. The van der Waals surface area contributed by atoms with E-state index in [1.165, 1.54) is 18.3 Å². The summed E-state index contributed by atoms with van der Waals surface area (Å²) in [5.41, 5.74) is 0. The van der Waals surface area contributed by atoms with Gasteiger partial charge in [0.25, 0.3) is 5.88 Å². The number of aromatic nitrogens is 1. The van der Waals surface area contributed by atoms with Crippen molar-refractivity contribution in [1.82, 2.24) is 4.98 Å². The Bertz CT molecular complexity index is 513. The average molecular weight is 293 g/mol. The van der Waals surface area contributed by atoms with Crippen molar-refractivity contribution in [3.63, 3.8) is 0 Å². The molecule has 0 radical (unpaired) electrons. The van der Waals surface area contributed by atoms with E-state index in [0.29, 0.717) is 5.02 Å². The highest BCUT2D eigenvalue weighted by Gasteiger charge is 2.10. The smallest absolute Gasteiger partial charge is 0.256 e. The van der Waals surface area contributed by atoms with Crippen LogP contribution >= 0.6 is 34.8 Å². The first-order valence-corrected chi connectivity index (χ1v) is 5.63. The van der Waals surface area contributed by atoms with Crippen LogP contribution in [0.3, 0.4) is 0 Å². The number of nitrogens with zero attached hydrogens (tertiary/aromatic N) is 1. The zero-order valence-corrected chi connectivity index (χ0v) is 10.5. The second-order valence-electron chi connectivity index (χ2n) is 3.12. The highest BCUT2D eigenvalue weighted by molar-refractivity contribution is 6.35. The summed E-state index contributed by atoms with van der Waals surface area (Å²) in [6, 6.07) is 5.71. The number of hydrogen-bond donors (Lipinski definition) is 0. The third kappa shape index (κ3) is 3.00. The van der Waals surface area contributed by atoms with Gasteiger partial charge in [-0.1, -0.05) is 34.8 Å². The summed E-state index contributed by atoms with van der Waals surface area (Å²) in [6.45, 7) is 0. The summed E-state index contributed by atoms with van der Waals surface area (Å²) in [6.07, 6.45) is 1.28. The maximum absolute atomic E-state index is 13.4. The Labute approximate surface area is 112 Å². The molecular weight excluding hydrogens is 287 g/mol. The second kappa shape index (κ2) is 5.08. The van der Waals surface area contributed by atoms with Crippen LogP contribution in [0.25, 0.3) is 0 Å². The standard InChI is InChI=1S/C11H5Cl3FNO/c12-6-1-2-10(8(14)3-6)17-11-9(15)4-7(13)5-16-11/h1-5H. The molecule has 2 aromatic rings. The molecule has 17 heavy (non-hydrogen) atoms. The van der Waals surface area contributed by atoms with Crippen LogP contribution in [0.15, 0.2) is 30.5 Å². The topological polar surface area (TPSA) is 22.1 Å². The molecule has 0 aliphatic rings. The van der Waals surface area contributed by atoms with E-state index in [4.69, 9.17) is 39.5 Å². The van der Waals surface area contributed by atoms with Crippen LogP contribution in [0, 0.1) is 5.82 Å². The van der Waals surface area contributed by atoms with E-state index in [9.17, 15) is 4.39 Å². The van der Waals surface area contributed by atoms with Crippen LogP contribution in [-0.2, 0) is 0 Å². The molecule has 0 unspecified atom stereocenters. The van der Waals surface area contributed by atoms with Gasteiger partial charge in [0.05, 0.1) is 10.0 Å². The second-order valence-corrected chi connectivity index (χ2v) is 4.40. The molecule has 88 valence electrons. The number of halogens is 4. The van der Waals surface area contributed by atoms with Crippen molar-refractivity contribution >= 4 is 34.8 Å². The van der Waals surface area contributed by atoms with E-state index in [1.807, 2.05) is 0 Å². The molecule has 0 aliphatic carbocycles. The predicted octanol–water partition coefficient (Wildman–Crippen LogP) is 4.97. The fraction of sp³-hybridized carbons (Fsp3) is 0. The van der Waals surface area contributed by atoms with E-state index in [1.54, 1.807) is 6.07 Å². The van der Waals surface area contributed by atoms with Crippen LogP contribution in [0.5, 0.6) is 11.6 Å². The van der Waals surface area contributed by atoms with E-state index in [-0.39, 0.29) is 21.7 Å². The number of pyridine rings is 1. The van der Waals surface area contributed by atoms with Gasteiger partial charge < -0.3 is 4.74 Å². The van der Waals surface area contributed by atoms with Crippen LogP contribution in [-0.4, -0.2) is 4.98 Å². The molecular formula is C11H5Cl3FNO. The number of hydrogen-bond acceptors (Lipinski definition) is 2. The lowest BCUT2D eigenvalue weighted by Gasteiger charge is -2.07.